The van der Waals surface area contributed by atoms with Crippen molar-refractivity contribution in [2.45, 2.75) is 32.9 Å². The van der Waals surface area contributed by atoms with E-state index in [-0.39, 0.29) is 12.3 Å². The van der Waals surface area contributed by atoms with E-state index in [1.807, 2.05) is 13.8 Å². The number of alkyl halides is 1. The first-order valence-electron chi connectivity index (χ1n) is 3.70. The highest BCUT2D eigenvalue weighted by atomic mass is 19.1. The summed E-state index contributed by atoms with van der Waals surface area (Å²) in [7, 11) is 0. The van der Waals surface area contributed by atoms with Gasteiger partial charge in [0.2, 0.25) is 5.91 Å². The van der Waals surface area contributed by atoms with E-state index < -0.39 is 6.17 Å². The van der Waals surface area contributed by atoms with Gasteiger partial charge in [-0.15, -0.1) is 0 Å². The van der Waals surface area contributed by atoms with Gasteiger partial charge in [0.15, 0.2) is 0 Å². The summed E-state index contributed by atoms with van der Waals surface area (Å²) in [4.78, 5) is 10.3. The molecular formula is C7H14FNO. The maximum Gasteiger partial charge on any atom is 0.222 e. The number of halogens is 1. The van der Waals surface area contributed by atoms with E-state index in [0.717, 1.165) is 0 Å². The number of amides is 1. The van der Waals surface area contributed by atoms with Gasteiger partial charge >= 0.3 is 0 Å². The second-order valence-corrected chi connectivity index (χ2v) is 1.94. The normalized spacial score (nSPS) is 24.3. The van der Waals surface area contributed by atoms with E-state index in [2.05, 4.69) is 5.32 Å². The van der Waals surface area contributed by atoms with Crippen molar-refractivity contribution < 1.29 is 9.18 Å². The molecule has 1 atom stereocenters. The van der Waals surface area contributed by atoms with Crippen molar-refractivity contribution >= 4 is 5.91 Å². The lowest BCUT2D eigenvalue weighted by Crippen LogP contribution is -2.34. The largest absolute Gasteiger partial charge is 0.356 e. The zero-order chi connectivity index (χ0) is 7.98. The summed E-state index contributed by atoms with van der Waals surface area (Å²) >= 11 is 0. The molecule has 0 saturated carbocycles. The van der Waals surface area contributed by atoms with Crippen molar-refractivity contribution in [3.8, 4) is 0 Å². The van der Waals surface area contributed by atoms with Gasteiger partial charge in [0.25, 0.3) is 0 Å². The molecule has 60 valence electrons. The van der Waals surface area contributed by atoms with E-state index in [0.29, 0.717) is 13.0 Å². The lowest BCUT2D eigenvalue weighted by Gasteiger charge is -2.14. The van der Waals surface area contributed by atoms with E-state index in [4.69, 9.17) is 0 Å². The molecule has 1 fully saturated rings. The maximum atomic E-state index is 12.2. The van der Waals surface area contributed by atoms with Gasteiger partial charge in [-0.3, -0.25) is 4.79 Å². The summed E-state index contributed by atoms with van der Waals surface area (Å²) in [5.74, 6) is -0.163. The zero-order valence-electron chi connectivity index (χ0n) is 6.48. The van der Waals surface area contributed by atoms with Crippen molar-refractivity contribution in [1.82, 2.24) is 5.32 Å². The molecule has 1 N–H and O–H groups in total. The minimum atomic E-state index is -0.899. The number of hydrogen-bond acceptors (Lipinski definition) is 1. The van der Waals surface area contributed by atoms with Gasteiger partial charge in [0, 0.05) is 6.54 Å². The average Bonchev–Trinajstić information content (AvgIpc) is 1.91. The summed E-state index contributed by atoms with van der Waals surface area (Å²) in [6.45, 7) is 4.50. The fourth-order valence-corrected chi connectivity index (χ4v) is 0.744. The van der Waals surface area contributed by atoms with Gasteiger partial charge in [0.1, 0.15) is 6.17 Å². The molecule has 0 aliphatic carbocycles. The first kappa shape index (κ1) is 9.40. The number of carbonyl (C=O) groups is 1. The van der Waals surface area contributed by atoms with E-state index in [9.17, 15) is 9.18 Å². The monoisotopic (exact) mass is 147 g/mol. The maximum absolute atomic E-state index is 12.2. The molecule has 0 spiro atoms. The van der Waals surface area contributed by atoms with Gasteiger partial charge in [0.05, 0.1) is 6.42 Å². The average molecular weight is 147 g/mol. The molecule has 3 heteroatoms. The Bertz CT molecular complexity index is 106. The lowest BCUT2D eigenvalue weighted by molar-refractivity contribution is -0.123. The van der Waals surface area contributed by atoms with E-state index in [1.54, 1.807) is 0 Å². The Morgan fingerprint density at radius 3 is 2.50 bits per heavy atom. The van der Waals surface area contributed by atoms with Crippen LogP contribution in [0.4, 0.5) is 4.39 Å². The Kier molecular flexibility index (Phi) is 4.89. The van der Waals surface area contributed by atoms with Crippen LogP contribution in [0.15, 0.2) is 0 Å². The molecule has 1 saturated heterocycles. The number of hydrogen-bond donors (Lipinski definition) is 1. The Morgan fingerprint density at radius 2 is 2.20 bits per heavy atom. The third-order valence-electron chi connectivity index (χ3n) is 1.19. The summed E-state index contributed by atoms with van der Waals surface area (Å²) < 4.78 is 12.2. The number of piperidine rings is 1. The highest BCUT2D eigenvalue weighted by molar-refractivity contribution is 5.77. The smallest absolute Gasteiger partial charge is 0.222 e. The second kappa shape index (κ2) is 5.21. The first-order chi connectivity index (χ1) is 4.79. The molecule has 0 radical (unpaired) electrons. The van der Waals surface area contributed by atoms with Crippen LogP contribution in [0.25, 0.3) is 0 Å². The SMILES string of the molecule is CC.O=C1C[C@H](F)CCN1. The fourth-order valence-electron chi connectivity index (χ4n) is 0.744. The van der Waals surface area contributed by atoms with Crippen LogP contribution in [0, 0.1) is 0 Å². The molecule has 1 aliphatic heterocycles. The minimum Gasteiger partial charge on any atom is -0.356 e. The topological polar surface area (TPSA) is 29.1 Å². The van der Waals surface area contributed by atoms with Gasteiger partial charge in [-0.1, -0.05) is 13.8 Å². The molecule has 1 aliphatic rings. The predicted octanol–water partition coefficient (Wildman–Crippen LogP) is 1.26. The first-order valence-corrected chi connectivity index (χ1v) is 3.70. The molecule has 2 nitrogen and oxygen atoms in total. The van der Waals surface area contributed by atoms with Crippen LogP contribution < -0.4 is 5.32 Å². The molecule has 1 heterocycles. The van der Waals surface area contributed by atoms with Gasteiger partial charge < -0.3 is 5.32 Å². The molecule has 1 amide bonds. The van der Waals surface area contributed by atoms with Gasteiger partial charge in [-0.05, 0) is 6.42 Å². The Hall–Kier alpha value is -0.600. The van der Waals surface area contributed by atoms with Crippen molar-refractivity contribution in [1.29, 1.82) is 0 Å². The van der Waals surface area contributed by atoms with Crippen molar-refractivity contribution in [2.75, 3.05) is 6.54 Å². The third kappa shape index (κ3) is 3.43. The van der Waals surface area contributed by atoms with Crippen molar-refractivity contribution in [3.63, 3.8) is 0 Å². The zero-order valence-corrected chi connectivity index (χ0v) is 6.48. The van der Waals surface area contributed by atoms with Crippen LogP contribution in [0.5, 0.6) is 0 Å². The lowest BCUT2D eigenvalue weighted by atomic mass is 10.1. The Labute approximate surface area is 60.8 Å². The Balaban J connectivity index is 0.000000371. The molecule has 0 bridgehead atoms. The standard InChI is InChI=1S/C5H8FNO.C2H6/c6-4-1-2-7-5(8)3-4;1-2/h4H,1-3H2,(H,7,8);1-2H3/t4-;/m1./s1. The summed E-state index contributed by atoms with van der Waals surface area (Å²) in [5.41, 5.74) is 0. The van der Waals surface area contributed by atoms with E-state index in [1.165, 1.54) is 0 Å². The van der Waals surface area contributed by atoms with Crippen LogP contribution in [-0.4, -0.2) is 18.6 Å². The van der Waals surface area contributed by atoms with Gasteiger partial charge in [-0.25, -0.2) is 4.39 Å². The van der Waals surface area contributed by atoms with Crippen LogP contribution in [0.2, 0.25) is 0 Å². The molecule has 1 rings (SSSR count). The summed E-state index contributed by atoms with van der Waals surface area (Å²) in [6, 6.07) is 0. The molecule has 0 aromatic carbocycles. The number of rotatable bonds is 0. The summed E-state index contributed by atoms with van der Waals surface area (Å²) in [6.07, 6.45) is -0.366. The quantitative estimate of drug-likeness (QED) is 0.549. The van der Waals surface area contributed by atoms with E-state index >= 15 is 0 Å². The molecule has 10 heavy (non-hydrogen) atoms. The van der Waals surface area contributed by atoms with Crippen LogP contribution >= 0.6 is 0 Å². The fraction of sp³-hybridized carbons (Fsp3) is 0.857. The van der Waals surface area contributed by atoms with Crippen LogP contribution in [-0.2, 0) is 4.79 Å². The highest BCUT2D eigenvalue weighted by Crippen LogP contribution is 2.05. The van der Waals surface area contributed by atoms with Gasteiger partial charge in [-0.2, -0.15) is 0 Å². The third-order valence-corrected chi connectivity index (χ3v) is 1.19. The van der Waals surface area contributed by atoms with Crippen molar-refractivity contribution in [2.24, 2.45) is 0 Å². The van der Waals surface area contributed by atoms with Crippen LogP contribution in [0.3, 0.4) is 0 Å². The predicted molar refractivity (Wildman–Crippen MR) is 38.5 cm³/mol. The second-order valence-electron chi connectivity index (χ2n) is 1.94. The van der Waals surface area contributed by atoms with Crippen molar-refractivity contribution in [3.05, 3.63) is 0 Å². The highest BCUT2D eigenvalue weighted by Gasteiger charge is 2.16. The molecular weight excluding hydrogens is 133 g/mol. The molecule has 0 aromatic heterocycles. The number of carbonyl (C=O) groups excluding carboxylic acids is 1. The Morgan fingerprint density at radius 1 is 1.60 bits per heavy atom. The minimum absolute atomic E-state index is 0.0556. The molecule has 0 aromatic rings. The molecule has 0 unspecified atom stereocenters. The van der Waals surface area contributed by atoms with Crippen LogP contribution in [0.1, 0.15) is 26.7 Å². The summed E-state index contributed by atoms with van der Waals surface area (Å²) in [5, 5.41) is 2.53. The number of nitrogens with one attached hydrogen (secondary N) is 1.